The summed E-state index contributed by atoms with van der Waals surface area (Å²) in [7, 11) is 2.19. The first-order chi connectivity index (χ1) is 9.25. The van der Waals surface area contributed by atoms with Crippen molar-refractivity contribution in [3.05, 3.63) is 0 Å². The number of rotatable bonds is 11. The van der Waals surface area contributed by atoms with E-state index in [9.17, 15) is 14.4 Å². The Morgan fingerprint density at radius 2 is 1.65 bits per heavy atom. The molecule has 0 spiro atoms. The Bertz CT molecular complexity index is 357. The maximum Gasteiger partial charge on any atom is 0.322 e. The Balaban J connectivity index is 4.27. The van der Waals surface area contributed by atoms with Crippen LogP contribution in [0.25, 0.3) is 0 Å². The van der Waals surface area contributed by atoms with Crippen LogP contribution in [0.15, 0.2) is 0 Å². The number of hydrogen-bond acceptors (Lipinski definition) is 8. The molecular formula is C9H16N2O6S3. The number of carboxylic acids is 3. The zero-order chi connectivity index (χ0) is 15.7. The van der Waals surface area contributed by atoms with Gasteiger partial charge in [-0.25, -0.2) is 0 Å². The maximum absolute atomic E-state index is 10.8. The molecule has 0 aromatic rings. The van der Waals surface area contributed by atoms with E-state index in [1.165, 1.54) is 0 Å². The van der Waals surface area contributed by atoms with Gasteiger partial charge in [0.15, 0.2) is 0 Å². The van der Waals surface area contributed by atoms with Gasteiger partial charge < -0.3 is 26.8 Å². The van der Waals surface area contributed by atoms with Gasteiger partial charge in [0.05, 0.1) is 11.0 Å². The molecule has 8 nitrogen and oxygen atoms in total. The molecule has 0 saturated carbocycles. The number of hydrogen-bond donors (Lipinski definition) is 5. The second kappa shape index (κ2) is 10.2. The highest BCUT2D eigenvalue weighted by atomic mass is 33.1. The van der Waals surface area contributed by atoms with E-state index in [-0.39, 0.29) is 17.9 Å². The second-order valence-corrected chi connectivity index (χ2v) is 7.67. The third-order valence-corrected chi connectivity index (χ3v) is 6.58. The molecule has 0 heterocycles. The van der Waals surface area contributed by atoms with E-state index >= 15 is 0 Å². The Morgan fingerprint density at radius 3 is 2.10 bits per heavy atom. The molecule has 0 aromatic carbocycles. The van der Waals surface area contributed by atoms with Crippen molar-refractivity contribution in [2.75, 3.05) is 11.5 Å². The quantitative estimate of drug-likeness (QED) is 0.247. The van der Waals surface area contributed by atoms with Gasteiger partial charge in [-0.2, -0.15) is 0 Å². The number of aliphatic carboxylic acids is 3. The molecule has 0 saturated heterocycles. The smallest absolute Gasteiger partial charge is 0.322 e. The monoisotopic (exact) mass is 344 g/mol. The van der Waals surface area contributed by atoms with Gasteiger partial charge >= 0.3 is 17.9 Å². The van der Waals surface area contributed by atoms with Crippen LogP contribution in [0.1, 0.15) is 6.42 Å². The van der Waals surface area contributed by atoms with Crippen LogP contribution in [0.3, 0.4) is 0 Å². The maximum atomic E-state index is 10.8. The topological polar surface area (TPSA) is 164 Å². The van der Waals surface area contributed by atoms with Crippen LogP contribution in [0, 0.1) is 0 Å². The molecule has 11 heteroatoms. The van der Waals surface area contributed by atoms with Gasteiger partial charge in [0.1, 0.15) is 12.1 Å². The molecule has 116 valence electrons. The summed E-state index contributed by atoms with van der Waals surface area (Å²) in [4.78, 5) is 31.8. The first kappa shape index (κ1) is 19.4. The molecule has 0 radical (unpaired) electrons. The van der Waals surface area contributed by atoms with Crippen LogP contribution >= 0.6 is 33.3 Å². The molecule has 20 heavy (non-hydrogen) atoms. The average molecular weight is 344 g/mol. The van der Waals surface area contributed by atoms with E-state index in [1.807, 2.05) is 0 Å². The van der Waals surface area contributed by atoms with Crippen LogP contribution in [0.2, 0.25) is 0 Å². The van der Waals surface area contributed by atoms with E-state index in [2.05, 4.69) is 0 Å². The fourth-order valence-electron chi connectivity index (χ4n) is 0.821. The molecule has 3 atom stereocenters. The van der Waals surface area contributed by atoms with Crippen molar-refractivity contribution >= 4 is 51.3 Å². The molecule has 0 rings (SSSR count). The fraction of sp³-hybridized carbons (Fsp3) is 0.667. The van der Waals surface area contributed by atoms with Crippen molar-refractivity contribution in [1.82, 2.24) is 0 Å². The van der Waals surface area contributed by atoms with Gasteiger partial charge in [0.2, 0.25) is 0 Å². The normalized spacial score (nSPS) is 15.3. The Morgan fingerprint density at radius 1 is 1.05 bits per heavy atom. The standard InChI is InChI=1S/C9H16N2O6S3/c10-4(7(14)15)3-19-20-9(6(11)8(16)17)18-2-1-5(12)13/h4,6,9H,1-3,10-11H2,(H,12,13)(H,14,15)(H,16,17)/t4?,6-,9?/m1/s1. The molecular weight excluding hydrogens is 328 g/mol. The Hall–Kier alpha value is -0.620. The molecule has 0 fully saturated rings. The number of nitrogens with two attached hydrogens (primary N) is 2. The molecule has 0 aliphatic carbocycles. The van der Waals surface area contributed by atoms with E-state index in [4.69, 9.17) is 26.8 Å². The Kier molecular flexibility index (Phi) is 9.84. The van der Waals surface area contributed by atoms with E-state index < -0.39 is 34.6 Å². The van der Waals surface area contributed by atoms with Crippen molar-refractivity contribution in [2.24, 2.45) is 11.5 Å². The largest absolute Gasteiger partial charge is 0.481 e. The highest BCUT2D eigenvalue weighted by Crippen LogP contribution is 2.36. The Labute approximate surface area is 127 Å². The SMILES string of the molecule is NC(CSSC(SCCC(=O)O)[C@H](N)C(=O)O)C(=O)O. The summed E-state index contributed by atoms with van der Waals surface area (Å²) in [6.45, 7) is 0. The van der Waals surface area contributed by atoms with E-state index in [0.717, 1.165) is 33.3 Å². The van der Waals surface area contributed by atoms with E-state index in [0.29, 0.717) is 0 Å². The zero-order valence-corrected chi connectivity index (χ0v) is 12.7. The molecule has 0 aliphatic rings. The summed E-state index contributed by atoms with van der Waals surface area (Å²) in [6, 6.07) is -2.22. The second-order valence-electron chi connectivity index (χ2n) is 3.57. The van der Waals surface area contributed by atoms with Crippen LogP contribution < -0.4 is 11.5 Å². The minimum atomic E-state index is -1.20. The summed E-state index contributed by atoms with van der Waals surface area (Å²) in [5.74, 6) is -3.00. The lowest BCUT2D eigenvalue weighted by molar-refractivity contribution is -0.139. The molecule has 7 N–H and O–H groups in total. The predicted octanol–water partition coefficient (Wildman–Crippen LogP) is -0.274. The van der Waals surface area contributed by atoms with Crippen molar-refractivity contribution in [2.45, 2.75) is 23.1 Å². The van der Waals surface area contributed by atoms with Crippen LogP contribution in [-0.2, 0) is 14.4 Å². The fourth-order valence-corrected chi connectivity index (χ4v) is 5.36. The lowest BCUT2D eigenvalue weighted by atomic mass is 10.4. The lowest BCUT2D eigenvalue weighted by Gasteiger charge is -2.19. The zero-order valence-electron chi connectivity index (χ0n) is 10.3. The molecule has 0 aromatic heterocycles. The highest BCUT2D eigenvalue weighted by Gasteiger charge is 2.26. The minimum absolute atomic E-state index is 0.0995. The summed E-state index contributed by atoms with van der Waals surface area (Å²) < 4.78 is -0.585. The molecule has 0 bridgehead atoms. The van der Waals surface area contributed by atoms with Crippen LogP contribution in [-0.4, -0.2) is 61.4 Å². The highest BCUT2D eigenvalue weighted by molar-refractivity contribution is 8.78. The van der Waals surface area contributed by atoms with Gasteiger partial charge in [-0.3, -0.25) is 14.4 Å². The van der Waals surface area contributed by atoms with Crippen molar-refractivity contribution in [1.29, 1.82) is 0 Å². The van der Waals surface area contributed by atoms with Crippen molar-refractivity contribution < 1.29 is 29.7 Å². The lowest BCUT2D eigenvalue weighted by Crippen LogP contribution is -2.38. The third-order valence-electron chi connectivity index (χ3n) is 1.90. The number of thioether (sulfide) groups is 1. The summed E-state index contributed by atoms with van der Waals surface area (Å²) in [6.07, 6.45) is -0.104. The van der Waals surface area contributed by atoms with Gasteiger partial charge in [-0.15, -0.1) is 11.8 Å². The van der Waals surface area contributed by atoms with Crippen LogP contribution in [0.5, 0.6) is 0 Å². The van der Waals surface area contributed by atoms with Gasteiger partial charge in [0, 0.05) is 11.5 Å². The molecule has 2 unspecified atom stereocenters. The first-order valence-corrected chi connectivity index (χ1v) is 8.77. The van der Waals surface area contributed by atoms with Gasteiger partial charge in [-0.1, -0.05) is 21.6 Å². The summed E-state index contributed by atoms with van der Waals surface area (Å²) in [5.41, 5.74) is 10.8. The summed E-state index contributed by atoms with van der Waals surface area (Å²) in [5, 5.41) is 26.0. The predicted molar refractivity (Wildman–Crippen MR) is 79.8 cm³/mol. The molecule has 0 amide bonds. The van der Waals surface area contributed by atoms with Gasteiger partial charge in [-0.05, 0) is 0 Å². The van der Waals surface area contributed by atoms with Gasteiger partial charge in [0.25, 0.3) is 0 Å². The average Bonchev–Trinajstić information content (AvgIpc) is 2.35. The third kappa shape index (κ3) is 8.53. The van der Waals surface area contributed by atoms with E-state index in [1.54, 1.807) is 0 Å². The number of carbonyl (C=O) groups is 3. The van der Waals surface area contributed by atoms with Crippen molar-refractivity contribution in [3.8, 4) is 0 Å². The van der Waals surface area contributed by atoms with Crippen LogP contribution in [0.4, 0.5) is 0 Å². The minimum Gasteiger partial charge on any atom is -0.481 e. The first-order valence-electron chi connectivity index (χ1n) is 5.34. The summed E-state index contributed by atoms with van der Waals surface area (Å²) >= 11 is 1.11. The van der Waals surface area contributed by atoms with Crippen molar-refractivity contribution in [3.63, 3.8) is 0 Å². The molecule has 0 aliphatic heterocycles. The number of carboxylic acid groups (broad SMARTS) is 3.